The number of anilines is 1. The van der Waals surface area contributed by atoms with Crippen molar-refractivity contribution in [3.8, 4) is 0 Å². The van der Waals surface area contributed by atoms with Crippen LogP contribution >= 0.6 is 15.9 Å². The summed E-state index contributed by atoms with van der Waals surface area (Å²) in [6.45, 7) is 0.538. The van der Waals surface area contributed by atoms with Crippen LogP contribution in [0.4, 0.5) is 10.1 Å². The molecule has 1 aliphatic carbocycles. The van der Waals surface area contributed by atoms with Gasteiger partial charge in [-0.05, 0) is 43.0 Å². The Balaban J connectivity index is 2.33. The Hall–Kier alpha value is -1.41. The lowest BCUT2D eigenvalue weighted by molar-refractivity contribution is -0.128. The van der Waals surface area contributed by atoms with Gasteiger partial charge in [-0.2, -0.15) is 0 Å². The normalized spacial score (nSPS) is 17.7. The number of rotatable bonds is 7. The van der Waals surface area contributed by atoms with Crippen LogP contribution in [-0.2, 0) is 20.4 Å². The third kappa shape index (κ3) is 4.54. The molecule has 0 saturated heterocycles. The Morgan fingerprint density at radius 3 is 2.87 bits per heavy atom. The summed E-state index contributed by atoms with van der Waals surface area (Å²) in [5.41, 5.74) is 0.873. The Kier molecular flexibility index (Phi) is 6.59. The first kappa shape index (κ1) is 17.9. The number of hydrogen-bond donors (Lipinski definition) is 1. The van der Waals surface area contributed by atoms with E-state index in [0.717, 1.165) is 22.7 Å². The highest BCUT2D eigenvalue weighted by molar-refractivity contribution is 9.10. The van der Waals surface area contributed by atoms with Crippen molar-refractivity contribution >= 4 is 39.0 Å². The molecule has 0 saturated carbocycles. The van der Waals surface area contributed by atoms with Gasteiger partial charge in [-0.3, -0.25) is 9.10 Å². The van der Waals surface area contributed by atoms with E-state index < -0.39 is 22.7 Å². The average Bonchev–Trinajstić information content (AvgIpc) is 2.51. The standard InChI is InChI=1S/C15H17BrFNO4S/c16-12-5-6-15(13(17)9-12)18(23(20)21)14-4-2-1-3-11(14)7-8-22-10-19/h3,5-6,9-10,14,23H,1-2,4,7-8H2. The van der Waals surface area contributed by atoms with Gasteiger partial charge in [0.1, 0.15) is 5.82 Å². The number of carbonyl (C=O) groups is 1. The second-order valence-corrected chi connectivity index (χ2v) is 6.94. The molecule has 0 N–H and O–H groups in total. The van der Waals surface area contributed by atoms with Crippen molar-refractivity contribution < 1.29 is 22.3 Å². The van der Waals surface area contributed by atoms with Crippen LogP contribution in [0.5, 0.6) is 0 Å². The van der Waals surface area contributed by atoms with Gasteiger partial charge >= 0.3 is 0 Å². The first-order valence-corrected chi connectivity index (χ1v) is 9.09. The summed E-state index contributed by atoms with van der Waals surface area (Å²) in [4.78, 5) is 10.3. The Morgan fingerprint density at radius 2 is 2.22 bits per heavy atom. The first-order chi connectivity index (χ1) is 11.0. The lowest BCUT2D eigenvalue weighted by Crippen LogP contribution is -2.37. The zero-order valence-corrected chi connectivity index (χ0v) is 14.8. The number of thiol groups is 1. The molecule has 126 valence electrons. The molecule has 0 amide bonds. The van der Waals surface area contributed by atoms with Crippen LogP contribution in [-0.4, -0.2) is 27.5 Å². The topological polar surface area (TPSA) is 63.7 Å². The summed E-state index contributed by atoms with van der Waals surface area (Å²) in [7, 11) is -3.01. The predicted octanol–water partition coefficient (Wildman–Crippen LogP) is 2.96. The molecule has 1 atom stereocenters. The van der Waals surface area contributed by atoms with Crippen molar-refractivity contribution in [3.05, 3.63) is 40.1 Å². The number of halogens is 2. The van der Waals surface area contributed by atoms with Crippen LogP contribution in [0.25, 0.3) is 0 Å². The minimum absolute atomic E-state index is 0.0263. The van der Waals surface area contributed by atoms with Gasteiger partial charge in [0, 0.05) is 10.9 Å². The van der Waals surface area contributed by atoms with E-state index in [9.17, 15) is 17.6 Å². The average molecular weight is 406 g/mol. The molecule has 1 aliphatic rings. The smallest absolute Gasteiger partial charge is 0.293 e. The fourth-order valence-corrected chi connectivity index (χ4v) is 3.89. The summed E-state index contributed by atoms with van der Waals surface area (Å²) >= 11 is 3.16. The van der Waals surface area contributed by atoms with E-state index in [-0.39, 0.29) is 12.3 Å². The molecule has 8 heteroatoms. The van der Waals surface area contributed by atoms with Crippen molar-refractivity contribution in [1.82, 2.24) is 0 Å². The van der Waals surface area contributed by atoms with Gasteiger partial charge in [-0.1, -0.05) is 22.0 Å². The summed E-state index contributed by atoms with van der Waals surface area (Å²) in [5, 5.41) is 0. The maximum atomic E-state index is 14.2. The molecule has 0 aliphatic heterocycles. The number of nitrogens with zero attached hydrogens (tertiary/aromatic N) is 1. The highest BCUT2D eigenvalue weighted by Gasteiger charge is 2.28. The van der Waals surface area contributed by atoms with Gasteiger partial charge in [0.05, 0.1) is 18.3 Å². The van der Waals surface area contributed by atoms with E-state index in [4.69, 9.17) is 4.74 Å². The minimum Gasteiger partial charge on any atom is -0.468 e. The van der Waals surface area contributed by atoms with Crippen molar-refractivity contribution in [2.75, 3.05) is 10.9 Å². The van der Waals surface area contributed by atoms with Crippen LogP contribution in [0.2, 0.25) is 0 Å². The third-order valence-corrected chi connectivity index (χ3v) is 5.06. The van der Waals surface area contributed by atoms with Gasteiger partial charge in [-0.25, -0.2) is 12.8 Å². The van der Waals surface area contributed by atoms with E-state index >= 15 is 0 Å². The fourth-order valence-electron chi connectivity index (χ4n) is 2.73. The van der Waals surface area contributed by atoms with Crippen LogP contribution in [0.3, 0.4) is 0 Å². The molecule has 0 spiro atoms. The van der Waals surface area contributed by atoms with Crippen molar-refractivity contribution in [2.24, 2.45) is 0 Å². The molecule has 2 rings (SSSR count). The van der Waals surface area contributed by atoms with E-state index in [1.54, 1.807) is 6.07 Å². The molecule has 0 heterocycles. The summed E-state index contributed by atoms with van der Waals surface area (Å²) in [5.74, 6) is -0.604. The number of hydrogen-bond acceptors (Lipinski definition) is 4. The van der Waals surface area contributed by atoms with E-state index in [1.807, 2.05) is 6.08 Å². The monoisotopic (exact) mass is 405 g/mol. The molecule has 1 unspecified atom stereocenters. The Labute approximate surface area is 144 Å². The quantitative estimate of drug-likeness (QED) is 0.327. The molecule has 1 aromatic carbocycles. The number of benzene rings is 1. The number of ether oxygens (including phenoxy) is 1. The number of carbonyl (C=O) groups excluding carboxylic acids is 1. The highest BCUT2D eigenvalue weighted by Crippen LogP contribution is 2.32. The molecular weight excluding hydrogens is 389 g/mol. The first-order valence-electron chi connectivity index (χ1n) is 7.17. The van der Waals surface area contributed by atoms with Crippen LogP contribution in [0.15, 0.2) is 34.3 Å². The lowest BCUT2D eigenvalue weighted by Gasteiger charge is -2.33. The second-order valence-electron chi connectivity index (χ2n) is 5.12. The molecular formula is C15H17BrFNO4S. The molecule has 23 heavy (non-hydrogen) atoms. The van der Waals surface area contributed by atoms with E-state index in [1.165, 1.54) is 12.1 Å². The van der Waals surface area contributed by atoms with E-state index in [2.05, 4.69) is 15.9 Å². The maximum absolute atomic E-state index is 14.2. The Morgan fingerprint density at radius 1 is 1.43 bits per heavy atom. The predicted molar refractivity (Wildman–Crippen MR) is 89.2 cm³/mol. The summed E-state index contributed by atoms with van der Waals surface area (Å²) in [6, 6.07) is 3.84. The minimum atomic E-state index is -3.01. The fraction of sp³-hybridized carbons (Fsp3) is 0.400. The molecule has 5 nitrogen and oxygen atoms in total. The van der Waals surface area contributed by atoms with E-state index in [0.29, 0.717) is 23.8 Å². The Bertz CT molecular complexity index is 669. The largest absolute Gasteiger partial charge is 0.468 e. The van der Waals surface area contributed by atoms with Gasteiger partial charge in [0.15, 0.2) is 0 Å². The number of allylic oxidation sites excluding steroid dienone is 1. The van der Waals surface area contributed by atoms with Crippen molar-refractivity contribution in [3.63, 3.8) is 0 Å². The summed E-state index contributed by atoms with van der Waals surface area (Å²) in [6.07, 6.45) is 4.64. The van der Waals surface area contributed by atoms with Gasteiger partial charge in [0.2, 0.25) is 10.9 Å². The molecule has 0 bridgehead atoms. The second kappa shape index (κ2) is 8.44. The molecule has 0 radical (unpaired) electrons. The SMILES string of the molecule is O=COCCC1=CCCCC1N(c1ccc(Br)cc1F)[SH](=O)=O. The molecule has 0 aromatic heterocycles. The van der Waals surface area contributed by atoms with Crippen molar-refractivity contribution in [1.29, 1.82) is 0 Å². The zero-order valence-electron chi connectivity index (χ0n) is 12.3. The zero-order chi connectivity index (χ0) is 16.8. The summed E-state index contributed by atoms with van der Waals surface area (Å²) < 4.78 is 44.1. The molecule has 0 fully saturated rings. The van der Waals surface area contributed by atoms with Gasteiger partial charge in [0.25, 0.3) is 6.47 Å². The van der Waals surface area contributed by atoms with Crippen LogP contribution in [0.1, 0.15) is 25.7 Å². The van der Waals surface area contributed by atoms with Gasteiger partial charge < -0.3 is 4.74 Å². The van der Waals surface area contributed by atoms with Crippen molar-refractivity contribution in [2.45, 2.75) is 31.7 Å². The third-order valence-electron chi connectivity index (χ3n) is 3.72. The van der Waals surface area contributed by atoms with Crippen LogP contribution < -0.4 is 4.31 Å². The molecule has 1 aromatic rings. The van der Waals surface area contributed by atoms with Gasteiger partial charge in [-0.15, -0.1) is 0 Å². The highest BCUT2D eigenvalue weighted by atomic mass is 79.9. The lowest BCUT2D eigenvalue weighted by atomic mass is 9.91. The van der Waals surface area contributed by atoms with Crippen LogP contribution in [0, 0.1) is 5.82 Å². The maximum Gasteiger partial charge on any atom is 0.293 e.